The van der Waals surface area contributed by atoms with Crippen LogP contribution in [0.4, 0.5) is 4.79 Å². The molecule has 0 saturated carbocycles. The van der Waals surface area contributed by atoms with Crippen molar-refractivity contribution in [1.29, 1.82) is 0 Å². The minimum absolute atomic E-state index is 0.261. The molecule has 0 radical (unpaired) electrons. The van der Waals surface area contributed by atoms with Gasteiger partial charge in [0.05, 0.1) is 6.04 Å². The number of imide groups is 1. The van der Waals surface area contributed by atoms with Crippen molar-refractivity contribution in [1.82, 2.24) is 15.5 Å². The molecule has 0 aliphatic carbocycles. The molecule has 2 atom stereocenters. The van der Waals surface area contributed by atoms with Gasteiger partial charge in [-0.2, -0.15) is 0 Å². The number of rotatable bonds is 5. The van der Waals surface area contributed by atoms with Gasteiger partial charge in [0, 0.05) is 0 Å². The summed E-state index contributed by atoms with van der Waals surface area (Å²) in [7, 11) is 0. The molecule has 152 valence electrons. The van der Waals surface area contributed by atoms with Gasteiger partial charge in [-0.3, -0.25) is 14.5 Å². The van der Waals surface area contributed by atoms with Crippen molar-refractivity contribution in [3.05, 3.63) is 83.9 Å². The van der Waals surface area contributed by atoms with E-state index in [0.29, 0.717) is 5.56 Å². The molecule has 0 bridgehead atoms. The molecular formula is C24H23N3O3. The average Bonchev–Trinajstić information content (AvgIpc) is 2.98. The lowest BCUT2D eigenvalue weighted by Crippen LogP contribution is -2.43. The first-order chi connectivity index (χ1) is 14.4. The maximum Gasteiger partial charge on any atom is 0.325 e. The monoisotopic (exact) mass is 401 g/mol. The fourth-order valence-corrected chi connectivity index (χ4v) is 3.80. The molecule has 3 aromatic carbocycles. The van der Waals surface area contributed by atoms with E-state index in [9.17, 15) is 14.4 Å². The van der Waals surface area contributed by atoms with Crippen LogP contribution in [-0.2, 0) is 15.1 Å². The molecule has 2 N–H and O–H groups in total. The Morgan fingerprint density at radius 3 is 2.40 bits per heavy atom. The van der Waals surface area contributed by atoms with Gasteiger partial charge < -0.3 is 10.6 Å². The van der Waals surface area contributed by atoms with Crippen LogP contribution >= 0.6 is 0 Å². The number of nitrogens with one attached hydrogen (secondary N) is 2. The van der Waals surface area contributed by atoms with E-state index in [0.717, 1.165) is 21.2 Å². The van der Waals surface area contributed by atoms with Crippen molar-refractivity contribution in [2.45, 2.75) is 25.4 Å². The minimum Gasteiger partial charge on any atom is -0.348 e. The molecular weight excluding hydrogens is 378 g/mol. The van der Waals surface area contributed by atoms with Crippen molar-refractivity contribution in [3.63, 3.8) is 0 Å². The Morgan fingerprint density at radius 2 is 1.67 bits per heavy atom. The Labute approximate surface area is 174 Å². The summed E-state index contributed by atoms with van der Waals surface area (Å²) in [5.74, 6) is -0.830. The quantitative estimate of drug-likeness (QED) is 0.643. The number of carbonyl (C=O) groups is 3. The first kappa shape index (κ1) is 19.6. The SMILES string of the molecule is C[C@@H](NC(=O)CN1C(=O)N[C@@](C)(c2ccccc2)C1=O)c1ccc2ccccc2c1. The van der Waals surface area contributed by atoms with Crippen LogP contribution in [0.5, 0.6) is 0 Å². The second-order valence-electron chi connectivity index (χ2n) is 7.71. The molecule has 0 spiro atoms. The highest BCUT2D eigenvalue weighted by Crippen LogP contribution is 2.28. The summed E-state index contributed by atoms with van der Waals surface area (Å²) in [4.78, 5) is 38.9. The van der Waals surface area contributed by atoms with Gasteiger partial charge in [-0.05, 0) is 41.8 Å². The second kappa shape index (κ2) is 7.63. The maximum absolute atomic E-state index is 12.9. The Kier molecular flexibility index (Phi) is 4.99. The van der Waals surface area contributed by atoms with Gasteiger partial charge in [-0.1, -0.05) is 66.7 Å². The smallest absolute Gasteiger partial charge is 0.325 e. The van der Waals surface area contributed by atoms with Gasteiger partial charge >= 0.3 is 6.03 Å². The highest BCUT2D eigenvalue weighted by Gasteiger charge is 2.49. The first-order valence-electron chi connectivity index (χ1n) is 9.86. The standard InChI is InChI=1S/C24H23N3O3/c1-16(18-13-12-17-8-6-7-9-19(17)14-18)25-21(28)15-27-22(29)24(2,26-23(27)30)20-10-4-3-5-11-20/h3-14,16H,15H2,1-2H3,(H,25,28)(H,26,30)/t16-,24+/m1/s1. The fourth-order valence-electron chi connectivity index (χ4n) is 3.80. The highest BCUT2D eigenvalue weighted by atomic mass is 16.2. The van der Waals surface area contributed by atoms with Gasteiger partial charge in [0.2, 0.25) is 5.91 Å². The number of nitrogens with zero attached hydrogens (tertiary/aromatic N) is 1. The number of urea groups is 1. The molecule has 1 aliphatic rings. The van der Waals surface area contributed by atoms with E-state index in [1.165, 1.54) is 0 Å². The average molecular weight is 401 g/mol. The third-order valence-corrected chi connectivity index (χ3v) is 5.58. The van der Waals surface area contributed by atoms with Gasteiger partial charge in [-0.15, -0.1) is 0 Å². The Morgan fingerprint density at radius 1 is 1.00 bits per heavy atom. The Hall–Kier alpha value is -3.67. The maximum atomic E-state index is 12.9. The highest BCUT2D eigenvalue weighted by molar-refractivity contribution is 6.09. The normalized spacial score (nSPS) is 19.6. The summed E-state index contributed by atoms with van der Waals surface area (Å²) in [5, 5.41) is 7.81. The summed E-state index contributed by atoms with van der Waals surface area (Å²) in [6.45, 7) is 3.20. The molecule has 6 heteroatoms. The van der Waals surface area contributed by atoms with Crippen molar-refractivity contribution in [2.24, 2.45) is 0 Å². The Bertz CT molecular complexity index is 1130. The van der Waals surface area contributed by atoms with Crippen molar-refractivity contribution >= 4 is 28.6 Å². The fraction of sp³-hybridized carbons (Fsp3) is 0.208. The summed E-state index contributed by atoms with van der Waals surface area (Å²) < 4.78 is 0. The van der Waals surface area contributed by atoms with Gasteiger partial charge in [0.15, 0.2) is 0 Å². The number of amides is 4. The van der Waals surface area contributed by atoms with Gasteiger partial charge in [0.25, 0.3) is 5.91 Å². The minimum atomic E-state index is -1.18. The largest absolute Gasteiger partial charge is 0.348 e. The number of benzene rings is 3. The molecule has 0 aromatic heterocycles. The van der Waals surface area contributed by atoms with Crippen molar-refractivity contribution < 1.29 is 14.4 Å². The van der Waals surface area contributed by atoms with Gasteiger partial charge in [0.1, 0.15) is 12.1 Å². The summed E-state index contributed by atoms with van der Waals surface area (Å²) in [6, 6.07) is 22.2. The third kappa shape index (κ3) is 3.52. The molecule has 1 saturated heterocycles. The summed E-state index contributed by atoms with van der Waals surface area (Å²) in [5.41, 5.74) is 0.451. The molecule has 4 amide bonds. The summed E-state index contributed by atoms with van der Waals surface area (Å²) >= 11 is 0. The summed E-state index contributed by atoms with van der Waals surface area (Å²) in [6.07, 6.45) is 0. The predicted molar refractivity (Wildman–Crippen MR) is 115 cm³/mol. The number of carbonyl (C=O) groups excluding carboxylic acids is 3. The first-order valence-corrected chi connectivity index (χ1v) is 9.86. The molecule has 3 aromatic rings. The van der Waals surface area contributed by atoms with E-state index < -0.39 is 23.4 Å². The molecule has 30 heavy (non-hydrogen) atoms. The topological polar surface area (TPSA) is 78.5 Å². The van der Waals surface area contributed by atoms with Crippen LogP contribution in [0, 0.1) is 0 Å². The van der Waals surface area contributed by atoms with E-state index in [-0.39, 0.29) is 12.6 Å². The van der Waals surface area contributed by atoms with Crippen LogP contribution in [0.2, 0.25) is 0 Å². The van der Waals surface area contributed by atoms with Gasteiger partial charge in [-0.25, -0.2) is 4.79 Å². The molecule has 1 heterocycles. The Balaban J connectivity index is 1.45. The number of hydrogen-bond acceptors (Lipinski definition) is 3. The predicted octanol–water partition coefficient (Wildman–Crippen LogP) is 3.48. The van der Waals surface area contributed by atoms with Crippen molar-refractivity contribution in [2.75, 3.05) is 6.54 Å². The van der Waals surface area contributed by atoms with E-state index >= 15 is 0 Å². The lowest BCUT2D eigenvalue weighted by atomic mass is 9.92. The molecule has 4 rings (SSSR count). The second-order valence-corrected chi connectivity index (χ2v) is 7.71. The molecule has 0 unspecified atom stereocenters. The lowest BCUT2D eigenvalue weighted by Gasteiger charge is -2.22. The zero-order chi connectivity index (χ0) is 21.3. The zero-order valence-electron chi connectivity index (χ0n) is 16.9. The lowest BCUT2D eigenvalue weighted by molar-refractivity contribution is -0.135. The van der Waals surface area contributed by atoms with E-state index in [2.05, 4.69) is 10.6 Å². The van der Waals surface area contributed by atoms with Crippen LogP contribution in [0.15, 0.2) is 72.8 Å². The molecule has 6 nitrogen and oxygen atoms in total. The number of fused-ring (bicyclic) bond motifs is 1. The third-order valence-electron chi connectivity index (χ3n) is 5.58. The van der Waals surface area contributed by atoms with Crippen molar-refractivity contribution in [3.8, 4) is 0 Å². The van der Waals surface area contributed by atoms with Crippen LogP contribution in [0.1, 0.15) is 31.0 Å². The number of hydrogen-bond donors (Lipinski definition) is 2. The molecule has 1 aliphatic heterocycles. The van der Waals surface area contributed by atoms with Crippen LogP contribution < -0.4 is 10.6 Å². The van der Waals surface area contributed by atoms with E-state index in [4.69, 9.17) is 0 Å². The zero-order valence-corrected chi connectivity index (χ0v) is 16.9. The van der Waals surface area contributed by atoms with E-state index in [1.807, 2.05) is 55.5 Å². The van der Waals surface area contributed by atoms with Crippen LogP contribution in [-0.4, -0.2) is 29.3 Å². The van der Waals surface area contributed by atoms with Crippen LogP contribution in [0.3, 0.4) is 0 Å². The van der Waals surface area contributed by atoms with E-state index in [1.54, 1.807) is 31.2 Å². The molecule has 1 fully saturated rings. The van der Waals surface area contributed by atoms with Crippen LogP contribution in [0.25, 0.3) is 10.8 Å².